The lowest BCUT2D eigenvalue weighted by molar-refractivity contribution is -0.130. The van der Waals surface area contributed by atoms with Gasteiger partial charge < -0.3 is 4.74 Å². The Morgan fingerprint density at radius 1 is 1.21 bits per heavy atom. The molecule has 0 saturated carbocycles. The highest BCUT2D eigenvalue weighted by Gasteiger charge is 2.39. The van der Waals surface area contributed by atoms with Gasteiger partial charge in [-0.1, -0.05) is 58.4 Å². The van der Waals surface area contributed by atoms with E-state index in [2.05, 4.69) is 15.9 Å². The number of ether oxygens (including phenoxy) is 1. The van der Waals surface area contributed by atoms with Crippen LogP contribution in [0.4, 0.5) is 4.79 Å². The first-order valence-corrected chi connectivity index (χ1v) is 8.65. The Bertz CT molecular complexity index is 730. The molecule has 1 aliphatic heterocycles. The molecule has 0 spiro atoms. The van der Waals surface area contributed by atoms with Crippen molar-refractivity contribution in [3.05, 3.63) is 70.2 Å². The summed E-state index contributed by atoms with van der Waals surface area (Å²) in [6, 6.07) is 17.1. The SMILES string of the molecule is C[C@H](C(=O)N1C(=O)OC[C@@H]1Cc1ccccc1)c1ccc(Br)cc1. The highest BCUT2D eigenvalue weighted by atomic mass is 79.9. The standard InChI is InChI=1S/C19H18BrNO3/c1-13(15-7-9-16(20)10-8-15)18(22)21-17(12-24-19(21)23)11-14-5-3-2-4-6-14/h2-10,13,17H,11-12H2,1H3/t13-,17-/m0/s1. The number of carbonyl (C=O) groups is 2. The van der Waals surface area contributed by atoms with E-state index in [1.54, 1.807) is 0 Å². The summed E-state index contributed by atoms with van der Waals surface area (Å²) in [7, 11) is 0. The molecule has 0 radical (unpaired) electrons. The van der Waals surface area contributed by atoms with E-state index in [0.717, 1.165) is 15.6 Å². The smallest absolute Gasteiger partial charge is 0.417 e. The van der Waals surface area contributed by atoms with Crippen LogP contribution in [-0.4, -0.2) is 29.5 Å². The molecular formula is C19H18BrNO3. The van der Waals surface area contributed by atoms with Crippen molar-refractivity contribution >= 4 is 27.9 Å². The second-order valence-corrected chi connectivity index (χ2v) is 6.82. The molecule has 1 heterocycles. The number of benzene rings is 2. The fourth-order valence-corrected chi connectivity index (χ4v) is 3.13. The van der Waals surface area contributed by atoms with Crippen LogP contribution in [0.5, 0.6) is 0 Å². The van der Waals surface area contributed by atoms with Gasteiger partial charge >= 0.3 is 6.09 Å². The van der Waals surface area contributed by atoms with Gasteiger partial charge in [0.1, 0.15) is 6.61 Å². The normalized spacial score (nSPS) is 18.3. The molecule has 0 bridgehead atoms. The van der Waals surface area contributed by atoms with E-state index in [9.17, 15) is 9.59 Å². The monoisotopic (exact) mass is 387 g/mol. The topological polar surface area (TPSA) is 46.6 Å². The van der Waals surface area contributed by atoms with Crippen molar-refractivity contribution in [2.75, 3.05) is 6.61 Å². The van der Waals surface area contributed by atoms with Crippen LogP contribution < -0.4 is 0 Å². The molecule has 1 aliphatic rings. The minimum absolute atomic E-state index is 0.222. The van der Waals surface area contributed by atoms with Crippen molar-refractivity contribution in [2.24, 2.45) is 0 Å². The second-order valence-electron chi connectivity index (χ2n) is 5.90. The maximum Gasteiger partial charge on any atom is 0.417 e. The van der Waals surface area contributed by atoms with E-state index >= 15 is 0 Å². The number of amides is 2. The predicted molar refractivity (Wildman–Crippen MR) is 94.7 cm³/mol. The first-order valence-electron chi connectivity index (χ1n) is 7.85. The third-order valence-corrected chi connectivity index (χ3v) is 4.78. The van der Waals surface area contributed by atoms with Crippen LogP contribution in [0.15, 0.2) is 59.1 Å². The zero-order valence-electron chi connectivity index (χ0n) is 13.3. The lowest BCUT2D eigenvalue weighted by Gasteiger charge is -2.23. The molecule has 3 rings (SSSR count). The Balaban J connectivity index is 1.78. The van der Waals surface area contributed by atoms with E-state index in [1.807, 2.05) is 61.5 Å². The summed E-state index contributed by atoms with van der Waals surface area (Å²) < 4.78 is 6.09. The largest absolute Gasteiger partial charge is 0.447 e. The van der Waals surface area contributed by atoms with Gasteiger partial charge in [-0.3, -0.25) is 4.79 Å². The van der Waals surface area contributed by atoms with E-state index in [4.69, 9.17) is 4.74 Å². The van der Waals surface area contributed by atoms with Gasteiger partial charge in [-0.2, -0.15) is 0 Å². The minimum Gasteiger partial charge on any atom is -0.447 e. The summed E-state index contributed by atoms with van der Waals surface area (Å²) in [5.41, 5.74) is 1.95. The maximum absolute atomic E-state index is 12.9. The van der Waals surface area contributed by atoms with Crippen molar-refractivity contribution in [3.63, 3.8) is 0 Å². The molecule has 2 aromatic rings. The molecule has 4 nitrogen and oxygen atoms in total. The van der Waals surface area contributed by atoms with Crippen LogP contribution in [-0.2, 0) is 16.0 Å². The molecule has 0 aliphatic carbocycles. The van der Waals surface area contributed by atoms with E-state index < -0.39 is 12.0 Å². The van der Waals surface area contributed by atoms with E-state index in [0.29, 0.717) is 6.42 Å². The summed E-state index contributed by atoms with van der Waals surface area (Å²) in [6.07, 6.45) is 0.0515. The third kappa shape index (κ3) is 3.51. The van der Waals surface area contributed by atoms with Gasteiger partial charge in [-0.05, 0) is 36.6 Å². The van der Waals surface area contributed by atoms with Crippen LogP contribution in [0.1, 0.15) is 24.0 Å². The first kappa shape index (κ1) is 16.7. The lowest BCUT2D eigenvalue weighted by Crippen LogP contribution is -2.42. The number of imide groups is 1. The molecule has 1 fully saturated rings. The zero-order chi connectivity index (χ0) is 17.1. The van der Waals surface area contributed by atoms with Gasteiger partial charge in [0.05, 0.1) is 12.0 Å². The fourth-order valence-electron chi connectivity index (χ4n) is 2.87. The molecule has 2 amide bonds. The fraction of sp³-hybridized carbons (Fsp3) is 0.263. The number of halogens is 1. The van der Waals surface area contributed by atoms with Crippen LogP contribution in [0.25, 0.3) is 0 Å². The highest BCUT2D eigenvalue weighted by molar-refractivity contribution is 9.10. The molecule has 0 aromatic heterocycles. The van der Waals surface area contributed by atoms with Gasteiger partial charge in [0.2, 0.25) is 5.91 Å². The molecular weight excluding hydrogens is 370 g/mol. The quantitative estimate of drug-likeness (QED) is 0.791. The molecule has 1 saturated heterocycles. The van der Waals surface area contributed by atoms with Crippen LogP contribution in [0.2, 0.25) is 0 Å². The number of rotatable bonds is 4. The number of cyclic esters (lactones) is 1. The van der Waals surface area contributed by atoms with Gasteiger partial charge in [-0.25, -0.2) is 9.69 Å². The summed E-state index contributed by atoms with van der Waals surface area (Å²) in [4.78, 5) is 26.2. The number of hydrogen-bond acceptors (Lipinski definition) is 3. The van der Waals surface area contributed by atoms with Gasteiger partial charge in [-0.15, -0.1) is 0 Å². The summed E-state index contributed by atoms with van der Waals surface area (Å²) in [5, 5.41) is 0. The Labute approximate surface area is 149 Å². The Kier molecular flexibility index (Phi) is 5.00. The number of carbonyl (C=O) groups excluding carboxylic acids is 2. The average molecular weight is 388 g/mol. The zero-order valence-corrected chi connectivity index (χ0v) is 14.9. The van der Waals surface area contributed by atoms with Crippen molar-refractivity contribution in [2.45, 2.75) is 25.3 Å². The summed E-state index contributed by atoms with van der Waals surface area (Å²) in [6.45, 7) is 2.06. The Hall–Kier alpha value is -2.14. The van der Waals surface area contributed by atoms with Crippen molar-refractivity contribution in [1.82, 2.24) is 4.90 Å². The summed E-state index contributed by atoms with van der Waals surface area (Å²) in [5.74, 6) is -0.622. The van der Waals surface area contributed by atoms with Gasteiger partial charge in [0.25, 0.3) is 0 Å². The Morgan fingerprint density at radius 3 is 2.54 bits per heavy atom. The third-order valence-electron chi connectivity index (χ3n) is 4.25. The average Bonchev–Trinajstić information content (AvgIpc) is 2.95. The van der Waals surface area contributed by atoms with Gasteiger partial charge in [0, 0.05) is 4.47 Å². The molecule has 0 unspecified atom stereocenters. The molecule has 24 heavy (non-hydrogen) atoms. The lowest BCUT2D eigenvalue weighted by atomic mass is 9.98. The number of hydrogen-bond donors (Lipinski definition) is 0. The predicted octanol–water partition coefficient (Wildman–Crippen LogP) is 4.14. The summed E-state index contributed by atoms with van der Waals surface area (Å²) >= 11 is 3.38. The molecule has 0 N–H and O–H groups in total. The van der Waals surface area contributed by atoms with Crippen LogP contribution in [0, 0.1) is 0 Å². The van der Waals surface area contributed by atoms with Crippen LogP contribution >= 0.6 is 15.9 Å². The van der Waals surface area contributed by atoms with Crippen molar-refractivity contribution in [1.29, 1.82) is 0 Å². The molecule has 5 heteroatoms. The molecule has 124 valence electrons. The van der Waals surface area contributed by atoms with Gasteiger partial charge in [0.15, 0.2) is 0 Å². The Morgan fingerprint density at radius 2 is 1.88 bits per heavy atom. The van der Waals surface area contributed by atoms with Crippen molar-refractivity contribution < 1.29 is 14.3 Å². The van der Waals surface area contributed by atoms with E-state index in [-0.39, 0.29) is 18.6 Å². The molecule has 2 aromatic carbocycles. The van der Waals surface area contributed by atoms with Crippen molar-refractivity contribution in [3.8, 4) is 0 Å². The minimum atomic E-state index is -0.551. The number of nitrogens with zero attached hydrogens (tertiary/aromatic N) is 1. The first-order chi connectivity index (χ1) is 11.6. The van der Waals surface area contributed by atoms with E-state index in [1.165, 1.54) is 4.90 Å². The maximum atomic E-state index is 12.9. The highest BCUT2D eigenvalue weighted by Crippen LogP contribution is 2.25. The van der Waals surface area contributed by atoms with Crippen LogP contribution in [0.3, 0.4) is 0 Å². The molecule has 2 atom stereocenters. The second kappa shape index (κ2) is 7.18.